The van der Waals surface area contributed by atoms with Crippen LogP contribution < -0.4 is 10.9 Å². The monoisotopic (exact) mass is 425 g/mol. The van der Waals surface area contributed by atoms with Gasteiger partial charge < -0.3 is 5.32 Å². The van der Waals surface area contributed by atoms with E-state index < -0.39 is 0 Å². The minimum Gasteiger partial charge on any atom is -0.350 e. The number of amides is 1. The third-order valence-corrected chi connectivity index (χ3v) is 4.92. The van der Waals surface area contributed by atoms with E-state index in [0.717, 1.165) is 0 Å². The molecule has 0 aliphatic heterocycles. The van der Waals surface area contributed by atoms with Crippen LogP contribution in [-0.4, -0.2) is 31.8 Å². The highest BCUT2D eigenvalue weighted by Gasteiger charge is 2.12. The van der Waals surface area contributed by atoms with Gasteiger partial charge in [-0.15, -0.1) is 0 Å². The number of halogens is 2. The van der Waals surface area contributed by atoms with Gasteiger partial charge in [-0.2, -0.15) is 5.10 Å². The Morgan fingerprint density at radius 2 is 2.00 bits per heavy atom. The van der Waals surface area contributed by atoms with Crippen molar-refractivity contribution in [2.75, 3.05) is 6.54 Å². The Bertz CT molecular complexity index is 1280. The molecule has 0 saturated heterocycles. The molecule has 0 radical (unpaired) electrons. The zero-order valence-electron chi connectivity index (χ0n) is 15.8. The summed E-state index contributed by atoms with van der Waals surface area (Å²) in [5.41, 5.74) is 1.20. The highest BCUT2D eigenvalue weighted by atomic mass is 35.5. The van der Waals surface area contributed by atoms with E-state index in [9.17, 15) is 14.0 Å². The molecule has 4 aromatic rings. The molecule has 0 bridgehead atoms. The SMILES string of the molecule is O=C(NCCn1ncc2c(=O)n(Cc3cccc(F)c3)cnc21)c1ccccc1Cl. The molecule has 0 saturated carbocycles. The Morgan fingerprint density at radius 1 is 1.17 bits per heavy atom. The largest absolute Gasteiger partial charge is 0.350 e. The molecule has 0 spiro atoms. The normalized spacial score (nSPS) is 11.0. The number of aromatic nitrogens is 4. The van der Waals surface area contributed by atoms with Gasteiger partial charge in [-0.3, -0.25) is 14.2 Å². The number of benzene rings is 2. The lowest BCUT2D eigenvalue weighted by Gasteiger charge is -2.08. The standard InChI is InChI=1S/C21H17ClFN5O2/c22-18-7-2-1-6-16(18)20(29)24-8-9-28-19-17(11-26-28)21(30)27(13-25-19)12-14-4-3-5-15(23)10-14/h1-7,10-11,13H,8-9,12H2,(H,24,29). The summed E-state index contributed by atoms with van der Waals surface area (Å²) in [6, 6.07) is 12.8. The molecule has 4 rings (SSSR count). The van der Waals surface area contributed by atoms with Gasteiger partial charge in [0.2, 0.25) is 0 Å². The molecule has 2 aromatic carbocycles. The van der Waals surface area contributed by atoms with Crippen LogP contribution in [0.3, 0.4) is 0 Å². The van der Waals surface area contributed by atoms with E-state index in [1.165, 1.54) is 29.2 Å². The third-order valence-electron chi connectivity index (χ3n) is 4.59. The molecule has 1 amide bonds. The van der Waals surface area contributed by atoms with E-state index in [2.05, 4.69) is 15.4 Å². The second kappa shape index (κ2) is 8.46. The maximum absolute atomic E-state index is 13.4. The molecule has 9 heteroatoms. The van der Waals surface area contributed by atoms with Crippen LogP contribution in [0, 0.1) is 5.82 Å². The molecule has 0 fully saturated rings. The maximum Gasteiger partial charge on any atom is 0.264 e. The van der Waals surface area contributed by atoms with Crippen molar-refractivity contribution < 1.29 is 9.18 Å². The molecule has 0 unspecified atom stereocenters. The number of hydrogen-bond donors (Lipinski definition) is 1. The average molecular weight is 426 g/mol. The van der Waals surface area contributed by atoms with Crippen LogP contribution in [0.1, 0.15) is 15.9 Å². The summed E-state index contributed by atoms with van der Waals surface area (Å²) in [6.45, 7) is 0.827. The molecule has 152 valence electrons. The first kappa shape index (κ1) is 19.8. The molecule has 2 aromatic heterocycles. The zero-order chi connectivity index (χ0) is 21.1. The van der Waals surface area contributed by atoms with E-state index in [-0.39, 0.29) is 30.4 Å². The number of hydrogen-bond acceptors (Lipinski definition) is 4. The van der Waals surface area contributed by atoms with Gasteiger partial charge in [0, 0.05) is 6.54 Å². The Hall–Kier alpha value is -3.52. The Kier molecular flexibility index (Phi) is 5.58. The summed E-state index contributed by atoms with van der Waals surface area (Å²) in [4.78, 5) is 29.3. The predicted molar refractivity (Wildman–Crippen MR) is 111 cm³/mol. The summed E-state index contributed by atoms with van der Waals surface area (Å²) < 4.78 is 16.3. The van der Waals surface area contributed by atoms with Gasteiger partial charge in [-0.1, -0.05) is 35.9 Å². The average Bonchev–Trinajstić information content (AvgIpc) is 3.14. The van der Waals surface area contributed by atoms with Crippen LogP contribution in [0.2, 0.25) is 5.02 Å². The van der Waals surface area contributed by atoms with E-state index in [4.69, 9.17) is 11.6 Å². The van der Waals surface area contributed by atoms with Crippen LogP contribution in [0.15, 0.2) is 65.8 Å². The van der Waals surface area contributed by atoms with Gasteiger partial charge >= 0.3 is 0 Å². The molecule has 30 heavy (non-hydrogen) atoms. The molecule has 0 aliphatic rings. The maximum atomic E-state index is 13.4. The van der Waals surface area contributed by atoms with E-state index in [0.29, 0.717) is 33.7 Å². The molecular formula is C21H17ClFN5O2. The van der Waals surface area contributed by atoms with Crippen LogP contribution in [0.5, 0.6) is 0 Å². The molecule has 7 nitrogen and oxygen atoms in total. The molecule has 2 heterocycles. The predicted octanol–water partition coefficient (Wildman–Crippen LogP) is 2.86. The lowest BCUT2D eigenvalue weighted by molar-refractivity contribution is 0.0952. The van der Waals surface area contributed by atoms with Gasteiger partial charge in [0.05, 0.1) is 29.9 Å². The topological polar surface area (TPSA) is 81.8 Å². The number of carbonyl (C=O) groups excluding carboxylic acids is 1. The lowest BCUT2D eigenvalue weighted by atomic mass is 10.2. The van der Waals surface area contributed by atoms with E-state index in [1.54, 1.807) is 41.1 Å². The summed E-state index contributed by atoms with van der Waals surface area (Å²) >= 11 is 6.03. The van der Waals surface area contributed by atoms with Gasteiger partial charge in [-0.05, 0) is 29.8 Å². The number of nitrogens with zero attached hydrogens (tertiary/aromatic N) is 4. The summed E-state index contributed by atoms with van der Waals surface area (Å²) in [5.74, 6) is -0.649. The number of carbonyl (C=O) groups is 1. The van der Waals surface area contributed by atoms with Gasteiger partial charge in [0.25, 0.3) is 11.5 Å². The fourth-order valence-corrected chi connectivity index (χ4v) is 3.34. The Morgan fingerprint density at radius 3 is 2.80 bits per heavy atom. The quantitative estimate of drug-likeness (QED) is 0.515. The fraction of sp³-hybridized carbons (Fsp3) is 0.143. The highest BCUT2D eigenvalue weighted by molar-refractivity contribution is 6.33. The number of rotatable bonds is 6. The van der Waals surface area contributed by atoms with E-state index >= 15 is 0 Å². The molecular weight excluding hydrogens is 409 g/mol. The lowest BCUT2D eigenvalue weighted by Crippen LogP contribution is -2.28. The van der Waals surface area contributed by atoms with Gasteiger partial charge in [0.15, 0.2) is 5.65 Å². The van der Waals surface area contributed by atoms with Crippen molar-refractivity contribution in [1.82, 2.24) is 24.6 Å². The van der Waals surface area contributed by atoms with Crippen molar-refractivity contribution in [2.24, 2.45) is 0 Å². The summed E-state index contributed by atoms with van der Waals surface area (Å²) in [6.07, 6.45) is 2.86. The summed E-state index contributed by atoms with van der Waals surface area (Å²) in [5, 5.41) is 7.71. The second-order valence-electron chi connectivity index (χ2n) is 6.65. The molecule has 0 atom stereocenters. The van der Waals surface area contributed by atoms with Gasteiger partial charge in [0.1, 0.15) is 17.5 Å². The molecule has 1 N–H and O–H groups in total. The van der Waals surface area contributed by atoms with Crippen molar-refractivity contribution in [3.8, 4) is 0 Å². The van der Waals surface area contributed by atoms with E-state index in [1.807, 2.05) is 0 Å². The second-order valence-corrected chi connectivity index (χ2v) is 7.06. The highest BCUT2D eigenvalue weighted by Crippen LogP contribution is 2.14. The Labute approximate surface area is 175 Å². The van der Waals surface area contributed by atoms with Crippen LogP contribution >= 0.6 is 11.6 Å². The van der Waals surface area contributed by atoms with Crippen LogP contribution in [0.4, 0.5) is 4.39 Å². The minimum absolute atomic E-state index is 0.207. The van der Waals surface area contributed by atoms with Crippen molar-refractivity contribution in [3.63, 3.8) is 0 Å². The fourth-order valence-electron chi connectivity index (χ4n) is 3.12. The smallest absolute Gasteiger partial charge is 0.264 e. The Balaban J connectivity index is 1.47. The van der Waals surface area contributed by atoms with Crippen molar-refractivity contribution in [3.05, 3.63) is 93.4 Å². The number of fused-ring (bicyclic) bond motifs is 1. The first-order valence-corrected chi connectivity index (χ1v) is 9.59. The minimum atomic E-state index is -0.360. The zero-order valence-corrected chi connectivity index (χ0v) is 16.5. The number of nitrogens with one attached hydrogen (secondary N) is 1. The third kappa shape index (κ3) is 4.08. The van der Waals surface area contributed by atoms with Crippen molar-refractivity contribution in [2.45, 2.75) is 13.1 Å². The van der Waals surface area contributed by atoms with Crippen molar-refractivity contribution in [1.29, 1.82) is 0 Å². The van der Waals surface area contributed by atoms with Gasteiger partial charge in [-0.25, -0.2) is 14.1 Å². The van der Waals surface area contributed by atoms with Crippen LogP contribution in [0.25, 0.3) is 11.0 Å². The first-order chi connectivity index (χ1) is 14.5. The summed E-state index contributed by atoms with van der Waals surface area (Å²) in [7, 11) is 0. The first-order valence-electron chi connectivity index (χ1n) is 9.21. The van der Waals surface area contributed by atoms with Crippen molar-refractivity contribution >= 4 is 28.5 Å². The van der Waals surface area contributed by atoms with Crippen LogP contribution in [-0.2, 0) is 13.1 Å². The molecule has 0 aliphatic carbocycles.